The lowest BCUT2D eigenvalue weighted by molar-refractivity contribution is 0.209. The minimum Gasteiger partial charge on any atom is -0.317 e. The van der Waals surface area contributed by atoms with E-state index >= 15 is 0 Å². The largest absolute Gasteiger partial charge is 0.317 e. The Kier molecular flexibility index (Phi) is 4.49. The summed E-state index contributed by atoms with van der Waals surface area (Å²) in [4.78, 5) is 0. The van der Waals surface area contributed by atoms with Gasteiger partial charge in [0.1, 0.15) is 12.0 Å². The average Bonchev–Trinajstić information content (AvgIpc) is 2.61. The first-order chi connectivity index (χ1) is 8.27. The van der Waals surface area contributed by atoms with E-state index in [9.17, 15) is 8.78 Å². The van der Waals surface area contributed by atoms with Gasteiger partial charge in [-0.3, -0.25) is 0 Å². The van der Waals surface area contributed by atoms with Crippen molar-refractivity contribution in [3.8, 4) is 0 Å². The molecule has 1 nitrogen and oxygen atoms in total. The molecule has 0 spiro atoms. The van der Waals surface area contributed by atoms with Gasteiger partial charge in [-0.25, -0.2) is 8.78 Å². The molecule has 1 aliphatic rings. The van der Waals surface area contributed by atoms with Crippen molar-refractivity contribution in [3.63, 3.8) is 0 Å². The Balaban J connectivity index is 1.95. The van der Waals surface area contributed by atoms with Crippen molar-refractivity contribution in [2.45, 2.75) is 31.9 Å². The first kappa shape index (κ1) is 12.5. The molecule has 0 amide bonds. The van der Waals surface area contributed by atoms with Crippen molar-refractivity contribution in [2.75, 3.05) is 13.1 Å². The second-order valence-electron chi connectivity index (χ2n) is 4.75. The van der Waals surface area contributed by atoms with Gasteiger partial charge in [0.25, 0.3) is 0 Å². The zero-order valence-corrected chi connectivity index (χ0v) is 9.96. The lowest BCUT2D eigenvalue weighted by Crippen LogP contribution is -2.21. The molecular formula is C14H19F2N. The van der Waals surface area contributed by atoms with Gasteiger partial charge < -0.3 is 5.32 Å². The van der Waals surface area contributed by atoms with Crippen LogP contribution in [0, 0.1) is 11.7 Å². The van der Waals surface area contributed by atoms with Crippen molar-refractivity contribution in [1.29, 1.82) is 0 Å². The Labute approximate surface area is 101 Å². The van der Waals surface area contributed by atoms with E-state index in [2.05, 4.69) is 5.32 Å². The third kappa shape index (κ3) is 3.50. The summed E-state index contributed by atoms with van der Waals surface area (Å²) in [6, 6.07) is 6.48. The quantitative estimate of drug-likeness (QED) is 0.854. The van der Waals surface area contributed by atoms with Crippen molar-refractivity contribution in [2.24, 2.45) is 5.92 Å². The number of nitrogens with one attached hydrogen (secondary N) is 1. The molecule has 0 radical (unpaired) electrons. The molecule has 2 rings (SSSR count). The summed E-state index contributed by atoms with van der Waals surface area (Å²) in [5, 5.41) is 3.27. The number of hydrogen-bond donors (Lipinski definition) is 1. The van der Waals surface area contributed by atoms with E-state index in [4.69, 9.17) is 0 Å². The van der Waals surface area contributed by atoms with Gasteiger partial charge in [0.05, 0.1) is 0 Å². The minimum absolute atomic E-state index is 0.0737. The number of benzene rings is 1. The van der Waals surface area contributed by atoms with Crippen LogP contribution >= 0.6 is 0 Å². The summed E-state index contributed by atoms with van der Waals surface area (Å²) in [6.45, 7) is 1.85. The van der Waals surface area contributed by atoms with Crippen LogP contribution in [0.4, 0.5) is 8.78 Å². The number of hydrogen-bond acceptors (Lipinski definition) is 1. The van der Waals surface area contributed by atoms with E-state index in [1.165, 1.54) is 6.07 Å². The van der Waals surface area contributed by atoms with Gasteiger partial charge in [-0.2, -0.15) is 0 Å². The molecule has 1 fully saturated rings. The third-order valence-electron chi connectivity index (χ3n) is 3.50. The minimum atomic E-state index is -0.924. The molecule has 1 N–H and O–H groups in total. The molecule has 2 unspecified atom stereocenters. The first-order valence-electron chi connectivity index (χ1n) is 6.35. The second kappa shape index (κ2) is 6.10. The van der Waals surface area contributed by atoms with Crippen LogP contribution in [0.25, 0.3) is 0 Å². The summed E-state index contributed by atoms with van der Waals surface area (Å²) in [6.07, 6.45) is 2.06. The molecule has 0 aromatic heterocycles. The van der Waals surface area contributed by atoms with Crippen molar-refractivity contribution >= 4 is 0 Å². The summed E-state index contributed by atoms with van der Waals surface area (Å²) < 4.78 is 27.6. The van der Waals surface area contributed by atoms with Gasteiger partial charge in [0.2, 0.25) is 0 Å². The molecular weight excluding hydrogens is 220 g/mol. The topological polar surface area (TPSA) is 12.0 Å². The number of halogens is 2. The highest BCUT2D eigenvalue weighted by Gasteiger charge is 2.23. The van der Waals surface area contributed by atoms with E-state index in [1.807, 2.05) is 0 Å². The van der Waals surface area contributed by atoms with E-state index in [0.717, 1.165) is 32.4 Å². The zero-order valence-electron chi connectivity index (χ0n) is 9.96. The Morgan fingerprint density at radius 2 is 2.06 bits per heavy atom. The molecule has 3 heteroatoms. The first-order valence-corrected chi connectivity index (χ1v) is 6.35. The standard InChI is InChI=1S/C14H19F2N/c15-13-6-2-1-4-12(13)10-14(16)11-5-3-8-17-9-7-11/h1-2,4,6,11,14,17H,3,5,7-10H2. The monoisotopic (exact) mass is 239 g/mol. The molecule has 0 saturated carbocycles. The average molecular weight is 239 g/mol. The van der Waals surface area contributed by atoms with Crippen LogP contribution in [-0.4, -0.2) is 19.3 Å². The smallest absolute Gasteiger partial charge is 0.126 e. The summed E-state index contributed by atoms with van der Waals surface area (Å²) in [5.74, 6) is -0.216. The Bertz CT molecular complexity index is 346. The van der Waals surface area contributed by atoms with Crippen molar-refractivity contribution < 1.29 is 8.78 Å². The van der Waals surface area contributed by atoms with Gasteiger partial charge in [-0.15, -0.1) is 0 Å². The lowest BCUT2D eigenvalue weighted by Gasteiger charge is -2.19. The van der Waals surface area contributed by atoms with Crippen molar-refractivity contribution in [3.05, 3.63) is 35.6 Å². The highest BCUT2D eigenvalue weighted by molar-refractivity contribution is 5.18. The molecule has 0 aliphatic carbocycles. The van der Waals surface area contributed by atoms with Crippen LogP contribution in [-0.2, 0) is 6.42 Å². The zero-order chi connectivity index (χ0) is 12.1. The van der Waals surface area contributed by atoms with E-state index in [1.54, 1.807) is 18.2 Å². The van der Waals surface area contributed by atoms with Gasteiger partial charge in [0, 0.05) is 6.42 Å². The maximum atomic E-state index is 14.1. The molecule has 1 saturated heterocycles. The van der Waals surface area contributed by atoms with E-state index in [-0.39, 0.29) is 18.2 Å². The fraction of sp³-hybridized carbons (Fsp3) is 0.571. The maximum absolute atomic E-state index is 14.1. The second-order valence-corrected chi connectivity index (χ2v) is 4.75. The SMILES string of the molecule is Fc1ccccc1CC(F)C1CCCNCC1. The Morgan fingerprint density at radius 1 is 1.24 bits per heavy atom. The van der Waals surface area contributed by atoms with Gasteiger partial charge in [-0.05, 0) is 49.9 Å². The molecule has 17 heavy (non-hydrogen) atoms. The highest BCUT2D eigenvalue weighted by atomic mass is 19.1. The van der Waals surface area contributed by atoms with Crippen LogP contribution in [0.5, 0.6) is 0 Å². The number of alkyl halides is 1. The highest BCUT2D eigenvalue weighted by Crippen LogP contribution is 2.24. The maximum Gasteiger partial charge on any atom is 0.126 e. The Morgan fingerprint density at radius 3 is 2.88 bits per heavy atom. The normalized spacial score (nSPS) is 23.1. The van der Waals surface area contributed by atoms with Crippen LogP contribution in [0.2, 0.25) is 0 Å². The van der Waals surface area contributed by atoms with Gasteiger partial charge >= 0.3 is 0 Å². The molecule has 1 aromatic rings. The fourth-order valence-corrected chi connectivity index (χ4v) is 2.45. The Hall–Kier alpha value is -0.960. The molecule has 1 heterocycles. The van der Waals surface area contributed by atoms with Crippen molar-refractivity contribution in [1.82, 2.24) is 5.32 Å². The predicted octanol–water partition coefficient (Wildman–Crippen LogP) is 3.10. The van der Waals surface area contributed by atoms with Gasteiger partial charge in [0.15, 0.2) is 0 Å². The third-order valence-corrected chi connectivity index (χ3v) is 3.50. The molecule has 94 valence electrons. The summed E-state index contributed by atoms with van der Waals surface area (Å²) in [7, 11) is 0. The van der Waals surface area contributed by atoms with Gasteiger partial charge in [-0.1, -0.05) is 18.2 Å². The summed E-state index contributed by atoms with van der Waals surface area (Å²) >= 11 is 0. The lowest BCUT2D eigenvalue weighted by atomic mass is 9.91. The molecule has 1 aliphatic heterocycles. The molecule has 1 aromatic carbocycles. The van der Waals surface area contributed by atoms with E-state index < -0.39 is 6.17 Å². The van der Waals surface area contributed by atoms with Crippen LogP contribution in [0.15, 0.2) is 24.3 Å². The van der Waals surface area contributed by atoms with Crippen LogP contribution in [0.3, 0.4) is 0 Å². The van der Waals surface area contributed by atoms with E-state index in [0.29, 0.717) is 5.56 Å². The molecule has 2 atom stereocenters. The van der Waals surface area contributed by atoms with Crippen LogP contribution < -0.4 is 5.32 Å². The molecule has 0 bridgehead atoms. The number of rotatable bonds is 3. The predicted molar refractivity (Wildman–Crippen MR) is 65.2 cm³/mol. The van der Waals surface area contributed by atoms with Crippen LogP contribution in [0.1, 0.15) is 24.8 Å². The summed E-state index contributed by atoms with van der Waals surface area (Å²) in [5.41, 5.74) is 0.497. The fourth-order valence-electron chi connectivity index (χ4n) is 2.45.